The van der Waals surface area contributed by atoms with Crippen LogP contribution in [0.1, 0.15) is 5.01 Å². The van der Waals surface area contributed by atoms with Gasteiger partial charge < -0.3 is 5.73 Å². The topological polar surface area (TPSA) is 38.9 Å². The highest BCUT2D eigenvalue weighted by Crippen LogP contribution is 2.21. The van der Waals surface area contributed by atoms with E-state index in [1.807, 2.05) is 18.2 Å². The highest BCUT2D eigenvalue weighted by Gasteiger charge is 2.02. The van der Waals surface area contributed by atoms with Crippen molar-refractivity contribution in [3.63, 3.8) is 0 Å². The molecule has 0 radical (unpaired) electrons. The van der Waals surface area contributed by atoms with Crippen molar-refractivity contribution in [2.75, 3.05) is 6.54 Å². The van der Waals surface area contributed by atoms with Crippen molar-refractivity contribution in [3.05, 3.63) is 40.7 Å². The predicted octanol–water partition coefficient (Wildman–Crippen LogP) is 3.15. The van der Waals surface area contributed by atoms with Gasteiger partial charge in [-0.1, -0.05) is 30.3 Å². The van der Waals surface area contributed by atoms with Gasteiger partial charge in [0.15, 0.2) is 0 Å². The molecular formula is C11H14Cl2N2S. The number of hydrogen-bond acceptors (Lipinski definition) is 3. The number of aromatic nitrogens is 1. The molecule has 0 aliphatic rings. The lowest BCUT2D eigenvalue weighted by Crippen LogP contribution is -2.01. The highest BCUT2D eigenvalue weighted by atomic mass is 35.5. The first-order valence-corrected chi connectivity index (χ1v) is 5.48. The maximum Gasteiger partial charge on any atom is 0.0945 e. The maximum atomic E-state index is 5.48. The van der Waals surface area contributed by atoms with E-state index >= 15 is 0 Å². The van der Waals surface area contributed by atoms with E-state index in [0.29, 0.717) is 6.54 Å². The third kappa shape index (κ3) is 3.76. The quantitative estimate of drug-likeness (QED) is 0.936. The monoisotopic (exact) mass is 276 g/mol. The summed E-state index contributed by atoms with van der Waals surface area (Å²) < 4.78 is 0. The predicted molar refractivity (Wildman–Crippen MR) is 74.8 cm³/mol. The number of nitrogens with two attached hydrogens (primary N) is 1. The minimum Gasteiger partial charge on any atom is -0.330 e. The minimum absolute atomic E-state index is 0. The normalized spacial score (nSPS) is 9.06. The van der Waals surface area contributed by atoms with Gasteiger partial charge in [0.05, 0.1) is 10.7 Å². The second kappa shape index (κ2) is 7.63. The van der Waals surface area contributed by atoms with Crippen LogP contribution in [-0.4, -0.2) is 11.5 Å². The van der Waals surface area contributed by atoms with Gasteiger partial charge in [0.25, 0.3) is 0 Å². The Morgan fingerprint density at radius 3 is 2.44 bits per heavy atom. The molecule has 5 heteroatoms. The average molecular weight is 277 g/mol. The smallest absolute Gasteiger partial charge is 0.0945 e. The Morgan fingerprint density at radius 1 is 1.12 bits per heavy atom. The minimum atomic E-state index is 0. The molecule has 0 spiro atoms. The average Bonchev–Trinajstić information content (AvgIpc) is 2.68. The first-order chi connectivity index (χ1) is 6.90. The Bertz CT molecular complexity index is 403. The van der Waals surface area contributed by atoms with E-state index in [0.717, 1.165) is 17.1 Å². The molecule has 2 N–H and O–H groups in total. The summed E-state index contributed by atoms with van der Waals surface area (Å²) in [6.45, 7) is 0.668. The summed E-state index contributed by atoms with van der Waals surface area (Å²) >= 11 is 1.68. The van der Waals surface area contributed by atoms with Crippen LogP contribution >= 0.6 is 36.2 Å². The van der Waals surface area contributed by atoms with Crippen molar-refractivity contribution >= 4 is 36.2 Å². The lowest BCUT2D eigenvalue weighted by molar-refractivity contribution is 0.954. The third-order valence-electron chi connectivity index (χ3n) is 1.98. The molecule has 0 aliphatic carbocycles. The lowest BCUT2D eigenvalue weighted by atomic mass is 10.2. The fourth-order valence-electron chi connectivity index (χ4n) is 1.29. The summed E-state index contributed by atoms with van der Waals surface area (Å²) in [5, 5.41) is 3.20. The van der Waals surface area contributed by atoms with Crippen molar-refractivity contribution in [2.24, 2.45) is 5.73 Å². The Morgan fingerprint density at radius 2 is 1.81 bits per heavy atom. The number of rotatable bonds is 3. The molecule has 0 bridgehead atoms. The van der Waals surface area contributed by atoms with Crippen molar-refractivity contribution in [1.29, 1.82) is 0 Å². The van der Waals surface area contributed by atoms with Gasteiger partial charge in [-0.25, -0.2) is 4.98 Å². The van der Waals surface area contributed by atoms with E-state index in [1.165, 1.54) is 5.56 Å². The number of hydrogen-bond donors (Lipinski definition) is 1. The Hall–Kier alpha value is -0.610. The van der Waals surface area contributed by atoms with Crippen LogP contribution in [0.2, 0.25) is 0 Å². The van der Waals surface area contributed by atoms with Gasteiger partial charge in [-0.2, -0.15) is 0 Å². The Balaban J connectivity index is 0.00000112. The molecule has 1 heterocycles. The van der Waals surface area contributed by atoms with Crippen LogP contribution in [0.15, 0.2) is 35.7 Å². The molecule has 88 valence electrons. The molecule has 2 rings (SSSR count). The molecule has 0 fully saturated rings. The third-order valence-corrected chi connectivity index (χ3v) is 2.89. The van der Waals surface area contributed by atoms with Gasteiger partial charge in [-0.15, -0.1) is 36.2 Å². The van der Waals surface area contributed by atoms with Gasteiger partial charge in [0, 0.05) is 17.4 Å². The molecule has 1 aromatic heterocycles. The first-order valence-electron chi connectivity index (χ1n) is 4.60. The molecule has 0 saturated carbocycles. The number of nitrogens with zero attached hydrogens (tertiary/aromatic N) is 1. The molecular weight excluding hydrogens is 263 g/mol. The number of thiazole rings is 1. The van der Waals surface area contributed by atoms with Gasteiger partial charge >= 0.3 is 0 Å². The molecule has 2 aromatic rings. The molecule has 0 amide bonds. The largest absolute Gasteiger partial charge is 0.330 e. The summed E-state index contributed by atoms with van der Waals surface area (Å²) in [4.78, 5) is 4.51. The van der Waals surface area contributed by atoms with E-state index in [1.54, 1.807) is 11.3 Å². The van der Waals surface area contributed by atoms with E-state index in [9.17, 15) is 0 Å². The fraction of sp³-hybridized carbons (Fsp3) is 0.182. The number of benzene rings is 1. The standard InChI is InChI=1S/C11H12N2S.2ClH/c12-7-6-11-13-10(8-14-11)9-4-2-1-3-5-9;;/h1-5,8H,6-7,12H2;2*1H. The van der Waals surface area contributed by atoms with Crippen LogP contribution in [0.5, 0.6) is 0 Å². The fourth-order valence-corrected chi connectivity index (χ4v) is 2.11. The van der Waals surface area contributed by atoms with Crippen LogP contribution in [-0.2, 0) is 6.42 Å². The summed E-state index contributed by atoms with van der Waals surface area (Å²) in [6.07, 6.45) is 0.873. The van der Waals surface area contributed by atoms with Crippen LogP contribution in [0.3, 0.4) is 0 Å². The van der Waals surface area contributed by atoms with Crippen LogP contribution in [0.25, 0.3) is 11.3 Å². The van der Waals surface area contributed by atoms with Crippen molar-refractivity contribution in [1.82, 2.24) is 4.98 Å². The summed E-state index contributed by atoms with van der Waals surface area (Å²) in [5.41, 5.74) is 7.70. The van der Waals surface area contributed by atoms with E-state index in [2.05, 4.69) is 22.5 Å². The summed E-state index contributed by atoms with van der Waals surface area (Å²) in [6, 6.07) is 10.2. The molecule has 2 nitrogen and oxygen atoms in total. The Labute approximate surface area is 112 Å². The molecule has 0 saturated heterocycles. The molecule has 16 heavy (non-hydrogen) atoms. The van der Waals surface area contributed by atoms with Crippen molar-refractivity contribution < 1.29 is 0 Å². The highest BCUT2D eigenvalue weighted by molar-refractivity contribution is 7.09. The van der Waals surface area contributed by atoms with Crippen LogP contribution < -0.4 is 5.73 Å². The van der Waals surface area contributed by atoms with Gasteiger partial charge in [-0.3, -0.25) is 0 Å². The van der Waals surface area contributed by atoms with Crippen LogP contribution in [0.4, 0.5) is 0 Å². The SMILES string of the molecule is Cl.Cl.NCCc1nc(-c2ccccc2)cs1. The van der Waals surface area contributed by atoms with E-state index in [4.69, 9.17) is 5.73 Å². The van der Waals surface area contributed by atoms with Gasteiger partial charge in [-0.05, 0) is 6.54 Å². The number of halogens is 2. The molecule has 0 atom stereocenters. The van der Waals surface area contributed by atoms with Crippen molar-refractivity contribution in [2.45, 2.75) is 6.42 Å². The zero-order valence-corrected chi connectivity index (χ0v) is 11.1. The zero-order chi connectivity index (χ0) is 9.80. The summed E-state index contributed by atoms with van der Waals surface area (Å²) in [7, 11) is 0. The Kier molecular flexibility index (Phi) is 7.34. The molecule has 0 aliphatic heterocycles. The maximum absolute atomic E-state index is 5.48. The first kappa shape index (κ1) is 15.4. The molecule has 1 aromatic carbocycles. The van der Waals surface area contributed by atoms with Gasteiger partial charge in [0.2, 0.25) is 0 Å². The second-order valence-electron chi connectivity index (χ2n) is 3.03. The second-order valence-corrected chi connectivity index (χ2v) is 3.97. The van der Waals surface area contributed by atoms with Crippen molar-refractivity contribution in [3.8, 4) is 11.3 Å². The van der Waals surface area contributed by atoms with Crippen LogP contribution in [0, 0.1) is 0 Å². The lowest BCUT2D eigenvalue weighted by Gasteiger charge is -1.94. The van der Waals surface area contributed by atoms with E-state index in [-0.39, 0.29) is 24.8 Å². The summed E-state index contributed by atoms with van der Waals surface area (Å²) in [5.74, 6) is 0. The zero-order valence-electron chi connectivity index (χ0n) is 8.63. The van der Waals surface area contributed by atoms with E-state index < -0.39 is 0 Å². The molecule has 0 unspecified atom stereocenters. The van der Waals surface area contributed by atoms with Gasteiger partial charge in [0.1, 0.15) is 0 Å².